The number of benzene rings is 1. The lowest BCUT2D eigenvalue weighted by atomic mass is 10.2. The van der Waals surface area contributed by atoms with Gasteiger partial charge in [-0.25, -0.2) is 0 Å². The van der Waals surface area contributed by atoms with Crippen molar-refractivity contribution in [2.45, 2.75) is 6.92 Å². The average molecular weight is 213 g/mol. The van der Waals surface area contributed by atoms with Crippen molar-refractivity contribution in [1.82, 2.24) is 0 Å². The first-order chi connectivity index (χ1) is 7.77. The maximum atomic E-state index is 11.8. The van der Waals surface area contributed by atoms with Gasteiger partial charge in [-0.3, -0.25) is 4.79 Å². The highest BCUT2D eigenvalue weighted by molar-refractivity contribution is 5.98. The zero-order chi connectivity index (χ0) is 11.4. The topological polar surface area (TPSA) is 33.0 Å². The predicted molar refractivity (Wildman–Crippen MR) is 61.5 cm³/mol. The molecule has 0 bridgehead atoms. The molecule has 0 fully saturated rings. The van der Waals surface area contributed by atoms with Gasteiger partial charge in [0.25, 0.3) is 0 Å². The first kappa shape index (κ1) is 10.4. The van der Waals surface area contributed by atoms with Gasteiger partial charge >= 0.3 is 5.91 Å². The Labute approximate surface area is 94.3 Å². The number of hydrogen-bond donors (Lipinski definition) is 1. The molecule has 80 valence electrons. The van der Waals surface area contributed by atoms with E-state index in [2.05, 4.69) is 5.43 Å². The molecule has 2 aromatic rings. The third-order valence-electron chi connectivity index (χ3n) is 2.32. The van der Waals surface area contributed by atoms with Crippen LogP contribution in [0.25, 0.3) is 0 Å². The molecule has 2 rings (SSSR count). The molecular formula is C13H13N2O+. The van der Waals surface area contributed by atoms with E-state index in [1.54, 1.807) is 16.8 Å². The zero-order valence-electron chi connectivity index (χ0n) is 9.05. The quantitative estimate of drug-likeness (QED) is 0.756. The van der Waals surface area contributed by atoms with Crippen molar-refractivity contribution in [3.8, 4) is 0 Å². The van der Waals surface area contributed by atoms with Gasteiger partial charge in [0.2, 0.25) is 5.69 Å². The van der Waals surface area contributed by atoms with Crippen LogP contribution in [0.1, 0.15) is 16.1 Å². The second-order valence-corrected chi connectivity index (χ2v) is 3.52. The monoisotopic (exact) mass is 213 g/mol. The van der Waals surface area contributed by atoms with E-state index in [1.165, 1.54) is 0 Å². The van der Waals surface area contributed by atoms with E-state index in [0.29, 0.717) is 5.56 Å². The Kier molecular flexibility index (Phi) is 2.96. The summed E-state index contributed by atoms with van der Waals surface area (Å²) >= 11 is 0. The van der Waals surface area contributed by atoms with Crippen molar-refractivity contribution in [3.63, 3.8) is 0 Å². The van der Waals surface area contributed by atoms with Crippen molar-refractivity contribution < 1.29 is 9.47 Å². The van der Waals surface area contributed by atoms with E-state index in [9.17, 15) is 4.79 Å². The summed E-state index contributed by atoms with van der Waals surface area (Å²) in [6.45, 7) is 1.94. The fourth-order valence-electron chi connectivity index (χ4n) is 1.42. The number of hydrogen-bond acceptors (Lipinski definition) is 1. The van der Waals surface area contributed by atoms with Gasteiger partial charge in [0, 0.05) is 24.6 Å². The van der Waals surface area contributed by atoms with Crippen molar-refractivity contribution in [1.29, 1.82) is 0 Å². The Hall–Kier alpha value is -2.16. The number of nitrogens with zero attached hydrogens (tertiary/aromatic N) is 1. The molecule has 0 radical (unpaired) electrons. The minimum Gasteiger partial charge on any atom is -0.264 e. The highest BCUT2D eigenvalue weighted by Crippen LogP contribution is 1.97. The first-order valence-electron chi connectivity index (χ1n) is 5.11. The van der Waals surface area contributed by atoms with Gasteiger partial charge in [0.1, 0.15) is 0 Å². The van der Waals surface area contributed by atoms with Crippen molar-refractivity contribution in [2.24, 2.45) is 0 Å². The molecule has 1 aromatic heterocycles. The molecule has 0 spiro atoms. The summed E-state index contributed by atoms with van der Waals surface area (Å²) in [6.07, 6.45) is 1.82. The number of carbonyl (C=O) groups is 1. The van der Waals surface area contributed by atoms with Gasteiger partial charge in [-0.1, -0.05) is 22.9 Å². The average Bonchev–Trinajstić information content (AvgIpc) is 2.33. The Balaban J connectivity index is 2.18. The van der Waals surface area contributed by atoms with Crippen LogP contribution in [-0.4, -0.2) is 5.91 Å². The van der Waals surface area contributed by atoms with Gasteiger partial charge in [0.05, 0.1) is 0 Å². The standard InChI is InChI=1S/C13H12N2O/c1-11-7-5-6-10-15(11)14-13(16)12-8-3-2-4-9-12/h2-10H,1H3/p+1. The summed E-state index contributed by atoms with van der Waals surface area (Å²) in [5.74, 6) is -0.111. The van der Waals surface area contributed by atoms with Crippen LogP contribution in [0.3, 0.4) is 0 Å². The fraction of sp³-hybridized carbons (Fsp3) is 0.0769. The van der Waals surface area contributed by atoms with E-state index < -0.39 is 0 Å². The summed E-state index contributed by atoms with van der Waals surface area (Å²) in [6, 6.07) is 14.9. The van der Waals surface area contributed by atoms with Gasteiger partial charge in [0.15, 0.2) is 6.20 Å². The van der Waals surface area contributed by atoms with Crippen molar-refractivity contribution in [3.05, 3.63) is 66.0 Å². The summed E-state index contributed by atoms with van der Waals surface area (Å²) in [7, 11) is 0. The number of rotatable bonds is 2. The molecule has 1 amide bonds. The molecule has 1 heterocycles. The zero-order valence-corrected chi connectivity index (χ0v) is 9.05. The van der Waals surface area contributed by atoms with E-state index in [1.807, 2.05) is 49.5 Å². The molecule has 0 aliphatic rings. The highest BCUT2D eigenvalue weighted by atomic mass is 16.2. The molecule has 0 atom stereocenters. The van der Waals surface area contributed by atoms with Gasteiger partial charge in [-0.15, -0.1) is 5.43 Å². The van der Waals surface area contributed by atoms with Crippen LogP contribution in [0.2, 0.25) is 0 Å². The summed E-state index contributed by atoms with van der Waals surface area (Å²) in [5.41, 5.74) is 4.43. The summed E-state index contributed by atoms with van der Waals surface area (Å²) < 4.78 is 1.70. The molecule has 0 saturated heterocycles. The van der Waals surface area contributed by atoms with E-state index in [4.69, 9.17) is 0 Å². The summed E-state index contributed by atoms with van der Waals surface area (Å²) in [4.78, 5) is 11.8. The van der Waals surface area contributed by atoms with Gasteiger partial charge in [-0.05, 0) is 18.2 Å². The van der Waals surface area contributed by atoms with Crippen LogP contribution in [-0.2, 0) is 0 Å². The van der Waals surface area contributed by atoms with Crippen molar-refractivity contribution >= 4 is 5.91 Å². The second kappa shape index (κ2) is 4.57. The molecule has 16 heavy (non-hydrogen) atoms. The number of pyridine rings is 1. The Morgan fingerprint density at radius 3 is 2.44 bits per heavy atom. The van der Waals surface area contributed by atoms with Crippen LogP contribution in [0.5, 0.6) is 0 Å². The molecule has 0 aliphatic heterocycles. The second-order valence-electron chi connectivity index (χ2n) is 3.52. The molecular weight excluding hydrogens is 200 g/mol. The normalized spacial score (nSPS) is 9.81. The number of aryl methyl sites for hydroxylation is 1. The first-order valence-corrected chi connectivity index (χ1v) is 5.11. The lowest BCUT2D eigenvalue weighted by molar-refractivity contribution is -0.647. The Bertz CT molecular complexity index is 494. The maximum Gasteiger partial charge on any atom is 0.305 e. The summed E-state index contributed by atoms with van der Waals surface area (Å²) in [5, 5.41) is 0. The highest BCUT2D eigenvalue weighted by Gasteiger charge is 2.11. The minimum atomic E-state index is -0.111. The largest absolute Gasteiger partial charge is 0.305 e. The fourth-order valence-corrected chi connectivity index (χ4v) is 1.42. The molecule has 1 N–H and O–H groups in total. The number of aromatic nitrogens is 1. The number of carbonyl (C=O) groups excluding carboxylic acids is 1. The van der Waals surface area contributed by atoms with Crippen LogP contribution < -0.4 is 10.1 Å². The molecule has 0 saturated carbocycles. The Morgan fingerprint density at radius 2 is 1.75 bits per heavy atom. The number of amides is 1. The van der Waals surface area contributed by atoms with Crippen LogP contribution >= 0.6 is 0 Å². The lowest BCUT2D eigenvalue weighted by Crippen LogP contribution is -2.50. The Morgan fingerprint density at radius 1 is 1.06 bits per heavy atom. The SMILES string of the molecule is Cc1cccc[n+]1NC(=O)c1ccccc1. The molecule has 3 nitrogen and oxygen atoms in total. The van der Waals surface area contributed by atoms with Gasteiger partial charge < -0.3 is 0 Å². The third kappa shape index (κ3) is 2.25. The minimum absolute atomic E-state index is 0.111. The lowest BCUT2D eigenvalue weighted by Gasteiger charge is -2.01. The molecule has 0 aliphatic carbocycles. The van der Waals surface area contributed by atoms with Crippen LogP contribution in [0, 0.1) is 6.92 Å². The van der Waals surface area contributed by atoms with Crippen molar-refractivity contribution in [2.75, 3.05) is 5.43 Å². The molecule has 1 aromatic carbocycles. The predicted octanol–water partition coefficient (Wildman–Crippen LogP) is 1.67. The van der Waals surface area contributed by atoms with E-state index in [-0.39, 0.29) is 5.91 Å². The third-order valence-corrected chi connectivity index (χ3v) is 2.32. The number of nitrogens with one attached hydrogen (secondary N) is 1. The van der Waals surface area contributed by atoms with E-state index >= 15 is 0 Å². The molecule has 3 heteroatoms. The van der Waals surface area contributed by atoms with Crippen LogP contribution in [0.15, 0.2) is 54.7 Å². The van der Waals surface area contributed by atoms with Crippen LogP contribution in [0.4, 0.5) is 0 Å². The molecule has 0 unspecified atom stereocenters. The van der Waals surface area contributed by atoms with E-state index in [0.717, 1.165) is 5.69 Å². The van der Waals surface area contributed by atoms with Gasteiger partial charge in [-0.2, -0.15) is 0 Å². The maximum absolute atomic E-state index is 11.8. The smallest absolute Gasteiger partial charge is 0.264 e.